The number of aromatic nitrogens is 1. The van der Waals surface area contributed by atoms with E-state index in [1.165, 1.54) is 31.6 Å². The summed E-state index contributed by atoms with van der Waals surface area (Å²) in [5.41, 5.74) is 1.40. The summed E-state index contributed by atoms with van der Waals surface area (Å²) in [7, 11) is 2.21. The second-order valence-electron chi connectivity index (χ2n) is 4.09. The number of piperidine rings is 1. The molecule has 2 rings (SSSR count). The zero-order chi connectivity index (χ0) is 9.26. The molecule has 1 aliphatic rings. The molecule has 0 amide bonds. The maximum absolute atomic E-state index is 2.42. The molecule has 13 heavy (non-hydrogen) atoms. The highest BCUT2D eigenvalue weighted by Gasteiger charge is 2.17. The molecule has 0 N–H and O–H groups in total. The molecule has 0 atom stereocenters. The lowest BCUT2D eigenvalue weighted by Gasteiger charge is -2.30. The Kier molecular flexibility index (Phi) is 2.40. The minimum Gasteiger partial charge on any atom is -0.349 e. The molecular weight excluding hydrogens is 160 g/mol. The topological polar surface area (TPSA) is 8.17 Å². The number of aryl methyl sites for hydroxylation is 1. The number of rotatable bonds is 1. The SMILES string of the molecule is Cc1cccn1C1CCN(C)CC1. The Balaban J connectivity index is 2.06. The van der Waals surface area contributed by atoms with E-state index in [4.69, 9.17) is 0 Å². The van der Waals surface area contributed by atoms with E-state index < -0.39 is 0 Å². The normalized spacial score (nSPS) is 20.8. The van der Waals surface area contributed by atoms with Gasteiger partial charge in [-0.25, -0.2) is 0 Å². The summed E-state index contributed by atoms with van der Waals surface area (Å²) in [4.78, 5) is 2.41. The van der Waals surface area contributed by atoms with Crippen LogP contribution in [0.4, 0.5) is 0 Å². The molecule has 2 heteroatoms. The van der Waals surface area contributed by atoms with Gasteiger partial charge in [-0.15, -0.1) is 0 Å². The average molecular weight is 178 g/mol. The summed E-state index contributed by atoms with van der Waals surface area (Å²) in [6, 6.07) is 5.08. The zero-order valence-corrected chi connectivity index (χ0v) is 8.53. The highest BCUT2D eigenvalue weighted by molar-refractivity contribution is 5.06. The van der Waals surface area contributed by atoms with Gasteiger partial charge < -0.3 is 9.47 Å². The van der Waals surface area contributed by atoms with Gasteiger partial charge >= 0.3 is 0 Å². The van der Waals surface area contributed by atoms with Gasteiger partial charge in [-0.3, -0.25) is 0 Å². The van der Waals surface area contributed by atoms with E-state index in [-0.39, 0.29) is 0 Å². The molecule has 0 radical (unpaired) electrons. The van der Waals surface area contributed by atoms with Crippen LogP contribution in [-0.2, 0) is 0 Å². The monoisotopic (exact) mass is 178 g/mol. The molecule has 0 saturated carbocycles. The predicted octanol–water partition coefficient (Wildman–Crippen LogP) is 2.06. The van der Waals surface area contributed by atoms with Gasteiger partial charge in [0.15, 0.2) is 0 Å². The fraction of sp³-hybridized carbons (Fsp3) is 0.636. The summed E-state index contributed by atoms with van der Waals surface area (Å²) in [6.07, 6.45) is 4.81. The van der Waals surface area contributed by atoms with Crippen molar-refractivity contribution in [2.75, 3.05) is 20.1 Å². The van der Waals surface area contributed by atoms with Crippen LogP contribution in [-0.4, -0.2) is 29.6 Å². The van der Waals surface area contributed by atoms with Crippen LogP contribution in [0, 0.1) is 6.92 Å². The molecule has 0 aliphatic carbocycles. The van der Waals surface area contributed by atoms with Crippen LogP contribution in [0.5, 0.6) is 0 Å². The third-order valence-corrected chi connectivity index (χ3v) is 3.07. The highest BCUT2D eigenvalue weighted by atomic mass is 15.1. The van der Waals surface area contributed by atoms with Crippen molar-refractivity contribution in [1.82, 2.24) is 9.47 Å². The van der Waals surface area contributed by atoms with Gasteiger partial charge in [0.1, 0.15) is 0 Å². The van der Waals surface area contributed by atoms with E-state index in [1.54, 1.807) is 0 Å². The molecule has 1 aliphatic heterocycles. The first-order valence-corrected chi connectivity index (χ1v) is 5.09. The van der Waals surface area contributed by atoms with Crippen molar-refractivity contribution in [3.8, 4) is 0 Å². The van der Waals surface area contributed by atoms with Crippen molar-refractivity contribution < 1.29 is 0 Å². The van der Waals surface area contributed by atoms with E-state index >= 15 is 0 Å². The second-order valence-corrected chi connectivity index (χ2v) is 4.09. The molecule has 0 bridgehead atoms. The van der Waals surface area contributed by atoms with Crippen molar-refractivity contribution in [3.05, 3.63) is 24.0 Å². The fourth-order valence-corrected chi connectivity index (χ4v) is 2.16. The Morgan fingerprint density at radius 2 is 2.00 bits per heavy atom. The lowest BCUT2D eigenvalue weighted by molar-refractivity contribution is 0.220. The van der Waals surface area contributed by atoms with Crippen molar-refractivity contribution in [2.24, 2.45) is 0 Å². The van der Waals surface area contributed by atoms with E-state index in [9.17, 15) is 0 Å². The minimum atomic E-state index is 0.742. The summed E-state index contributed by atoms with van der Waals surface area (Å²) in [6.45, 7) is 4.67. The maximum Gasteiger partial charge on any atom is 0.0357 e. The van der Waals surface area contributed by atoms with Crippen LogP contribution in [0.15, 0.2) is 18.3 Å². The Bertz CT molecular complexity index is 269. The Labute approximate surface area is 80.2 Å². The Hall–Kier alpha value is -0.760. The van der Waals surface area contributed by atoms with Crippen LogP contribution in [0.2, 0.25) is 0 Å². The molecule has 1 aromatic rings. The summed E-state index contributed by atoms with van der Waals surface area (Å²) in [5.74, 6) is 0. The average Bonchev–Trinajstić information content (AvgIpc) is 2.53. The van der Waals surface area contributed by atoms with Gasteiger partial charge in [0, 0.05) is 17.9 Å². The molecule has 0 aromatic carbocycles. The van der Waals surface area contributed by atoms with Gasteiger partial charge in [-0.1, -0.05) is 0 Å². The first-order chi connectivity index (χ1) is 6.27. The third-order valence-electron chi connectivity index (χ3n) is 3.07. The molecular formula is C11H18N2. The third kappa shape index (κ3) is 1.78. The largest absolute Gasteiger partial charge is 0.349 e. The molecule has 1 saturated heterocycles. The molecule has 1 fully saturated rings. The molecule has 0 spiro atoms. The molecule has 72 valence electrons. The van der Waals surface area contributed by atoms with E-state index in [0.29, 0.717) is 0 Å². The predicted molar refractivity (Wildman–Crippen MR) is 54.9 cm³/mol. The Morgan fingerprint density at radius 1 is 1.31 bits per heavy atom. The van der Waals surface area contributed by atoms with E-state index in [0.717, 1.165) is 6.04 Å². The molecule has 2 nitrogen and oxygen atoms in total. The fourth-order valence-electron chi connectivity index (χ4n) is 2.16. The number of hydrogen-bond acceptors (Lipinski definition) is 1. The van der Waals surface area contributed by atoms with Gasteiger partial charge in [0.05, 0.1) is 0 Å². The van der Waals surface area contributed by atoms with Crippen LogP contribution in [0.1, 0.15) is 24.6 Å². The first kappa shape index (κ1) is 8.82. The van der Waals surface area contributed by atoms with Crippen molar-refractivity contribution >= 4 is 0 Å². The van der Waals surface area contributed by atoms with Crippen LogP contribution in [0.3, 0.4) is 0 Å². The summed E-state index contributed by atoms with van der Waals surface area (Å²) in [5, 5.41) is 0. The first-order valence-electron chi connectivity index (χ1n) is 5.09. The zero-order valence-electron chi connectivity index (χ0n) is 8.53. The molecule has 1 aromatic heterocycles. The standard InChI is InChI=1S/C11H18N2/c1-10-4-3-7-13(10)11-5-8-12(2)9-6-11/h3-4,7,11H,5-6,8-9H2,1-2H3. The molecule has 0 unspecified atom stereocenters. The lowest BCUT2D eigenvalue weighted by atomic mass is 10.1. The van der Waals surface area contributed by atoms with Gasteiger partial charge in [0.2, 0.25) is 0 Å². The summed E-state index contributed by atoms with van der Waals surface area (Å²) >= 11 is 0. The van der Waals surface area contributed by atoms with Gasteiger partial charge in [-0.05, 0) is 52.0 Å². The van der Waals surface area contributed by atoms with Crippen molar-refractivity contribution in [3.63, 3.8) is 0 Å². The minimum absolute atomic E-state index is 0.742. The van der Waals surface area contributed by atoms with E-state index in [1.807, 2.05) is 0 Å². The van der Waals surface area contributed by atoms with Gasteiger partial charge in [0.25, 0.3) is 0 Å². The van der Waals surface area contributed by atoms with Crippen LogP contribution < -0.4 is 0 Å². The maximum atomic E-state index is 2.42. The molecule has 2 heterocycles. The van der Waals surface area contributed by atoms with Crippen LogP contribution in [0.25, 0.3) is 0 Å². The lowest BCUT2D eigenvalue weighted by Crippen LogP contribution is -2.31. The highest BCUT2D eigenvalue weighted by Crippen LogP contribution is 2.23. The second kappa shape index (κ2) is 3.54. The number of hydrogen-bond donors (Lipinski definition) is 0. The number of likely N-dealkylation sites (tertiary alicyclic amines) is 1. The smallest absolute Gasteiger partial charge is 0.0357 e. The number of nitrogens with zero attached hydrogens (tertiary/aromatic N) is 2. The van der Waals surface area contributed by atoms with Crippen molar-refractivity contribution in [1.29, 1.82) is 0 Å². The van der Waals surface area contributed by atoms with Gasteiger partial charge in [-0.2, -0.15) is 0 Å². The van der Waals surface area contributed by atoms with E-state index in [2.05, 4.69) is 41.8 Å². The Morgan fingerprint density at radius 3 is 2.54 bits per heavy atom. The van der Waals surface area contributed by atoms with Crippen molar-refractivity contribution in [2.45, 2.75) is 25.8 Å². The van der Waals surface area contributed by atoms with Crippen LogP contribution >= 0.6 is 0 Å². The quantitative estimate of drug-likeness (QED) is 0.639. The summed E-state index contributed by atoms with van der Waals surface area (Å²) < 4.78 is 2.42.